The molecule has 0 amide bonds. The predicted molar refractivity (Wildman–Crippen MR) is 63.8 cm³/mol. The van der Waals surface area contributed by atoms with Gasteiger partial charge in [0.25, 0.3) is 0 Å². The van der Waals surface area contributed by atoms with Crippen molar-refractivity contribution in [1.82, 2.24) is 4.72 Å². The number of aliphatic hydroxyl groups is 1. The zero-order valence-corrected chi connectivity index (χ0v) is 11.1. The van der Waals surface area contributed by atoms with Crippen molar-refractivity contribution in [3.63, 3.8) is 0 Å². The van der Waals surface area contributed by atoms with Crippen molar-refractivity contribution in [1.29, 1.82) is 0 Å². The van der Waals surface area contributed by atoms with Crippen molar-refractivity contribution in [3.8, 4) is 0 Å². The standard InChI is InChI=1S/C10H23NO4S/c1-4-10(5-2,9-12)8-11-16(13,14)7-6-15-3/h11-12H,4-9H2,1-3H3. The van der Waals surface area contributed by atoms with Crippen molar-refractivity contribution >= 4 is 10.0 Å². The molecule has 16 heavy (non-hydrogen) atoms. The quantitative estimate of drug-likeness (QED) is 0.622. The Balaban J connectivity index is 4.30. The molecule has 6 heteroatoms. The molecule has 0 heterocycles. The monoisotopic (exact) mass is 253 g/mol. The van der Waals surface area contributed by atoms with Gasteiger partial charge in [-0.3, -0.25) is 0 Å². The Morgan fingerprint density at radius 1 is 1.31 bits per heavy atom. The van der Waals surface area contributed by atoms with E-state index in [1.165, 1.54) is 7.11 Å². The first-order valence-electron chi connectivity index (χ1n) is 5.52. The second-order valence-electron chi connectivity index (χ2n) is 4.00. The summed E-state index contributed by atoms with van der Waals surface area (Å²) >= 11 is 0. The van der Waals surface area contributed by atoms with Crippen molar-refractivity contribution in [2.45, 2.75) is 26.7 Å². The summed E-state index contributed by atoms with van der Waals surface area (Å²) in [4.78, 5) is 0. The van der Waals surface area contributed by atoms with Gasteiger partial charge in [0, 0.05) is 25.7 Å². The lowest BCUT2D eigenvalue weighted by Crippen LogP contribution is -2.40. The smallest absolute Gasteiger partial charge is 0.213 e. The molecule has 0 radical (unpaired) electrons. The third-order valence-corrected chi connectivity index (χ3v) is 4.35. The van der Waals surface area contributed by atoms with Crippen LogP contribution in [0.1, 0.15) is 26.7 Å². The molecule has 0 aromatic heterocycles. The van der Waals surface area contributed by atoms with E-state index in [1.807, 2.05) is 13.8 Å². The highest BCUT2D eigenvalue weighted by molar-refractivity contribution is 7.89. The van der Waals surface area contributed by atoms with Gasteiger partial charge in [-0.1, -0.05) is 13.8 Å². The van der Waals surface area contributed by atoms with Gasteiger partial charge in [-0.2, -0.15) is 0 Å². The summed E-state index contributed by atoms with van der Waals surface area (Å²) in [6, 6.07) is 0. The summed E-state index contributed by atoms with van der Waals surface area (Å²) in [6.45, 7) is 4.35. The number of rotatable bonds is 9. The highest BCUT2D eigenvalue weighted by atomic mass is 32.2. The maximum atomic E-state index is 11.5. The minimum absolute atomic E-state index is 0.00715. The van der Waals surface area contributed by atoms with Crippen LogP contribution in [0, 0.1) is 5.41 Å². The summed E-state index contributed by atoms with van der Waals surface area (Å²) in [5, 5.41) is 9.29. The van der Waals surface area contributed by atoms with Gasteiger partial charge in [0.2, 0.25) is 10.0 Å². The molecule has 0 fully saturated rings. The first-order chi connectivity index (χ1) is 7.45. The van der Waals surface area contributed by atoms with Gasteiger partial charge in [0.15, 0.2) is 0 Å². The van der Waals surface area contributed by atoms with Crippen LogP contribution in [0.5, 0.6) is 0 Å². The third kappa shape index (κ3) is 5.25. The second kappa shape index (κ2) is 7.21. The summed E-state index contributed by atoms with van der Waals surface area (Å²) in [7, 11) is -1.83. The zero-order valence-electron chi connectivity index (χ0n) is 10.3. The van der Waals surface area contributed by atoms with Crippen LogP contribution in [0.25, 0.3) is 0 Å². The minimum atomic E-state index is -3.29. The van der Waals surface area contributed by atoms with Crippen LogP contribution < -0.4 is 4.72 Å². The van der Waals surface area contributed by atoms with Crippen LogP contribution in [-0.4, -0.2) is 46.1 Å². The Kier molecular flexibility index (Phi) is 7.14. The van der Waals surface area contributed by atoms with Gasteiger partial charge in [0.05, 0.1) is 12.4 Å². The molecule has 0 atom stereocenters. The first kappa shape index (κ1) is 15.8. The van der Waals surface area contributed by atoms with Gasteiger partial charge >= 0.3 is 0 Å². The van der Waals surface area contributed by atoms with Crippen LogP contribution in [0.3, 0.4) is 0 Å². The molecule has 0 aliphatic rings. The maximum absolute atomic E-state index is 11.5. The third-order valence-electron chi connectivity index (χ3n) is 3.06. The normalized spacial score (nSPS) is 13.0. The highest BCUT2D eigenvalue weighted by Gasteiger charge is 2.27. The number of ether oxygens (including phenoxy) is 1. The fraction of sp³-hybridized carbons (Fsp3) is 1.00. The van der Waals surface area contributed by atoms with E-state index in [1.54, 1.807) is 0 Å². The Morgan fingerprint density at radius 2 is 1.88 bits per heavy atom. The van der Waals surface area contributed by atoms with E-state index in [-0.39, 0.29) is 30.9 Å². The average Bonchev–Trinajstić information content (AvgIpc) is 2.29. The molecular formula is C10H23NO4S. The molecule has 0 rings (SSSR count). The molecule has 2 N–H and O–H groups in total. The van der Waals surface area contributed by atoms with Crippen molar-refractivity contribution in [2.24, 2.45) is 5.41 Å². The van der Waals surface area contributed by atoms with Crippen molar-refractivity contribution in [2.75, 3.05) is 32.6 Å². The lowest BCUT2D eigenvalue weighted by Gasteiger charge is -2.29. The van der Waals surface area contributed by atoms with E-state index in [4.69, 9.17) is 4.74 Å². The van der Waals surface area contributed by atoms with Crippen LogP contribution in [0.4, 0.5) is 0 Å². The number of sulfonamides is 1. The van der Waals surface area contributed by atoms with E-state index in [0.717, 1.165) is 12.8 Å². The molecule has 0 saturated heterocycles. The maximum Gasteiger partial charge on any atom is 0.213 e. The lowest BCUT2D eigenvalue weighted by atomic mass is 9.84. The molecular weight excluding hydrogens is 230 g/mol. The Hall–Kier alpha value is -0.170. The van der Waals surface area contributed by atoms with E-state index < -0.39 is 10.0 Å². The molecule has 5 nitrogen and oxygen atoms in total. The SMILES string of the molecule is CCC(CC)(CO)CNS(=O)(=O)CCOC. The van der Waals surface area contributed by atoms with E-state index >= 15 is 0 Å². The second-order valence-corrected chi connectivity index (χ2v) is 5.92. The van der Waals surface area contributed by atoms with Crippen LogP contribution >= 0.6 is 0 Å². The summed E-state index contributed by atoms with van der Waals surface area (Å²) in [6.07, 6.45) is 1.49. The first-order valence-corrected chi connectivity index (χ1v) is 7.17. The summed E-state index contributed by atoms with van der Waals surface area (Å²) in [5.41, 5.74) is -0.347. The van der Waals surface area contributed by atoms with Crippen molar-refractivity contribution in [3.05, 3.63) is 0 Å². The van der Waals surface area contributed by atoms with Crippen molar-refractivity contribution < 1.29 is 18.3 Å². The van der Waals surface area contributed by atoms with Crippen LogP contribution in [0.15, 0.2) is 0 Å². The predicted octanol–water partition coefficient (Wildman–Crippen LogP) is 0.351. The molecule has 0 aromatic rings. The topological polar surface area (TPSA) is 75.6 Å². The number of methoxy groups -OCH3 is 1. The molecule has 0 aliphatic heterocycles. The van der Waals surface area contributed by atoms with Crippen LogP contribution in [0.2, 0.25) is 0 Å². The number of aliphatic hydroxyl groups excluding tert-OH is 1. The highest BCUT2D eigenvalue weighted by Crippen LogP contribution is 2.24. The van der Waals surface area contributed by atoms with Gasteiger partial charge in [-0.25, -0.2) is 13.1 Å². The van der Waals surface area contributed by atoms with Gasteiger partial charge in [-0.15, -0.1) is 0 Å². The van der Waals surface area contributed by atoms with E-state index in [9.17, 15) is 13.5 Å². The number of nitrogens with one attached hydrogen (secondary N) is 1. The summed E-state index contributed by atoms with van der Waals surface area (Å²) < 4.78 is 30.3. The fourth-order valence-corrected chi connectivity index (χ4v) is 2.36. The Morgan fingerprint density at radius 3 is 2.25 bits per heavy atom. The molecule has 98 valence electrons. The lowest BCUT2D eigenvalue weighted by molar-refractivity contribution is 0.119. The zero-order chi connectivity index (χ0) is 12.7. The number of hydrogen-bond donors (Lipinski definition) is 2. The molecule has 0 aromatic carbocycles. The Labute approximate surface area is 98.2 Å². The van der Waals surface area contributed by atoms with Crippen LogP contribution in [-0.2, 0) is 14.8 Å². The van der Waals surface area contributed by atoms with E-state index in [2.05, 4.69) is 4.72 Å². The van der Waals surface area contributed by atoms with E-state index in [0.29, 0.717) is 0 Å². The molecule has 0 unspecified atom stereocenters. The Bertz CT molecular complexity index is 264. The van der Waals surface area contributed by atoms with Gasteiger partial charge in [-0.05, 0) is 12.8 Å². The molecule has 0 spiro atoms. The molecule has 0 aliphatic carbocycles. The van der Waals surface area contributed by atoms with Gasteiger partial charge in [0.1, 0.15) is 0 Å². The fourth-order valence-electron chi connectivity index (χ4n) is 1.31. The molecule has 0 bridgehead atoms. The average molecular weight is 253 g/mol. The van der Waals surface area contributed by atoms with Gasteiger partial charge < -0.3 is 9.84 Å². The summed E-state index contributed by atoms with van der Waals surface area (Å²) in [5.74, 6) is -0.0432. The number of hydrogen-bond acceptors (Lipinski definition) is 4. The minimum Gasteiger partial charge on any atom is -0.396 e. The largest absolute Gasteiger partial charge is 0.396 e. The molecule has 0 saturated carbocycles.